The average molecular weight is 602 g/mol. The first kappa shape index (κ1) is 29.7. The first-order valence-electron chi connectivity index (χ1n) is 15.1. The predicted molar refractivity (Wildman–Crippen MR) is 165 cm³/mol. The van der Waals surface area contributed by atoms with Crippen molar-refractivity contribution in [3.63, 3.8) is 0 Å². The smallest absolute Gasteiger partial charge is 0.277 e. The maximum absolute atomic E-state index is 13.3. The number of nitrogens with zero attached hydrogens (tertiary/aromatic N) is 2. The molecule has 2 aliphatic rings. The normalized spacial score (nSPS) is 18.9. The summed E-state index contributed by atoms with van der Waals surface area (Å²) in [7, 11) is 0. The predicted octanol–water partition coefficient (Wildman–Crippen LogP) is 7.28. The van der Waals surface area contributed by atoms with Crippen LogP contribution in [0, 0.1) is 0 Å². The molecule has 4 aromatic rings. The Morgan fingerprint density at radius 3 is 2.26 bits per heavy atom. The van der Waals surface area contributed by atoms with E-state index in [1.54, 1.807) is 18.5 Å². The zero-order valence-corrected chi connectivity index (χ0v) is 24.9. The highest BCUT2D eigenvalue weighted by Crippen LogP contribution is 2.35. The van der Waals surface area contributed by atoms with Gasteiger partial charge in [-0.1, -0.05) is 60.1 Å². The molecule has 0 saturated carbocycles. The van der Waals surface area contributed by atoms with Gasteiger partial charge in [0.2, 0.25) is 0 Å². The van der Waals surface area contributed by atoms with Gasteiger partial charge in [-0.3, -0.25) is 9.78 Å². The van der Waals surface area contributed by atoms with Crippen LogP contribution >= 0.6 is 11.6 Å². The van der Waals surface area contributed by atoms with E-state index in [1.807, 2.05) is 24.3 Å². The maximum atomic E-state index is 13.3. The number of amides is 1. The molecule has 0 aliphatic carbocycles. The highest BCUT2D eigenvalue weighted by Gasteiger charge is 2.23. The number of carbonyl (C=O) groups excluding carboxylic acids is 1. The quantitative estimate of drug-likeness (QED) is 0.151. The Balaban J connectivity index is 1.14. The molecule has 0 spiro atoms. The number of pyridine rings is 2. The van der Waals surface area contributed by atoms with Crippen molar-refractivity contribution in [3.8, 4) is 22.4 Å². The van der Waals surface area contributed by atoms with Gasteiger partial charge in [0.15, 0.2) is 12.6 Å². The van der Waals surface area contributed by atoms with E-state index in [2.05, 4.69) is 34.7 Å². The molecule has 9 heteroatoms. The Morgan fingerprint density at radius 1 is 0.884 bits per heavy atom. The molecule has 0 bridgehead atoms. The van der Waals surface area contributed by atoms with Gasteiger partial charge in [0.1, 0.15) is 0 Å². The average Bonchev–Trinajstić information content (AvgIpc) is 3.07. The van der Waals surface area contributed by atoms with Crippen LogP contribution in [0.4, 0.5) is 0 Å². The number of hydroxylamine groups is 1. The topological polar surface area (TPSA) is 91.8 Å². The van der Waals surface area contributed by atoms with Gasteiger partial charge in [-0.05, 0) is 67.7 Å². The molecule has 6 rings (SSSR count). The number of hydrogen-bond donors (Lipinski definition) is 1. The molecule has 2 aliphatic heterocycles. The number of ether oxygens (including phenoxy) is 3. The van der Waals surface area contributed by atoms with Gasteiger partial charge in [-0.25, -0.2) is 15.3 Å². The van der Waals surface area contributed by atoms with Crippen molar-refractivity contribution < 1.29 is 23.8 Å². The molecular formula is C34H36ClN3O5. The van der Waals surface area contributed by atoms with Gasteiger partial charge in [0.05, 0.1) is 28.4 Å². The summed E-state index contributed by atoms with van der Waals surface area (Å²) in [5, 5.41) is 0.787. The van der Waals surface area contributed by atoms with Crippen molar-refractivity contribution in [2.45, 2.75) is 63.9 Å². The highest BCUT2D eigenvalue weighted by atomic mass is 35.5. The minimum absolute atomic E-state index is 0.0325. The lowest BCUT2D eigenvalue weighted by Gasteiger charge is -2.22. The van der Waals surface area contributed by atoms with E-state index in [1.165, 1.54) is 12.0 Å². The number of rotatable bonds is 10. The maximum Gasteiger partial charge on any atom is 0.277 e. The van der Waals surface area contributed by atoms with E-state index >= 15 is 0 Å². The number of aryl methyl sites for hydroxylation is 1. The van der Waals surface area contributed by atoms with Crippen molar-refractivity contribution in [2.75, 3.05) is 19.8 Å². The van der Waals surface area contributed by atoms with E-state index < -0.39 is 12.2 Å². The molecule has 2 fully saturated rings. The summed E-state index contributed by atoms with van der Waals surface area (Å²) < 4.78 is 17.1. The van der Waals surface area contributed by atoms with Gasteiger partial charge >= 0.3 is 0 Å². The third kappa shape index (κ3) is 7.40. The van der Waals surface area contributed by atoms with Gasteiger partial charge in [-0.2, -0.15) is 0 Å². The van der Waals surface area contributed by atoms with Crippen LogP contribution < -0.4 is 5.48 Å². The van der Waals surface area contributed by atoms with Crippen LogP contribution in [0.5, 0.6) is 0 Å². The Kier molecular flexibility index (Phi) is 9.92. The van der Waals surface area contributed by atoms with Crippen molar-refractivity contribution in [3.05, 3.63) is 83.1 Å². The van der Waals surface area contributed by atoms with Crippen LogP contribution in [0.25, 0.3) is 33.3 Å². The Labute approximate surface area is 256 Å². The number of carbonyl (C=O) groups is 1. The molecule has 2 aromatic carbocycles. The molecule has 2 aromatic heterocycles. The lowest BCUT2D eigenvalue weighted by molar-refractivity contribution is -0.186. The van der Waals surface area contributed by atoms with Crippen LogP contribution in [0.1, 0.15) is 60.9 Å². The molecular weight excluding hydrogens is 566 g/mol. The summed E-state index contributed by atoms with van der Waals surface area (Å²) >= 11 is 6.86. The molecule has 8 nitrogen and oxygen atoms in total. The van der Waals surface area contributed by atoms with Crippen molar-refractivity contribution in [2.24, 2.45) is 0 Å². The number of fused-ring (bicyclic) bond motifs is 1. The van der Waals surface area contributed by atoms with Gasteiger partial charge in [0.25, 0.3) is 5.91 Å². The Hall–Kier alpha value is -3.40. The number of halogens is 1. The first-order valence-corrected chi connectivity index (χ1v) is 15.5. The van der Waals surface area contributed by atoms with Crippen LogP contribution in [-0.2, 0) is 25.5 Å². The fraction of sp³-hybridized carbons (Fsp3) is 0.382. The third-order valence-electron chi connectivity index (χ3n) is 7.87. The molecule has 0 radical (unpaired) electrons. The van der Waals surface area contributed by atoms with E-state index in [4.69, 9.17) is 35.6 Å². The van der Waals surface area contributed by atoms with E-state index in [-0.39, 0.29) is 16.9 Å². The van der Waals surface area contributed by atoms with E-state index in [9.17, 15) is 4.79 Å². The Morgan fingerprint density at radius 2 is 1.56 bits per heavy atom. The van der Waals surface area contributed by atoms with Crippen molar-refractivity contribution in [1.82, 2.24) is 15.4 Å². The second-order valence-electron chi connectivity index (χ2n) is 10.9. The summed E-state index contributed by atoms with van der Waals surface area (Å²) in [4.78, 5) is 27.8. The van der Waals surface area contributed by atoms with E-state index in [0.29, 0.717) is 29.8 Å². The summed E-state index contributed by atoms with van der Waals surface area (Å²) in [6.45, 7) is 2.13. The summed E-state index contributed by atoms with van der Waals surface area (Å²) in [5.74, 6) is -0.466. The summed E-state index contributed by atoms with van der Waals surface area (Å²) in [5.41, 5.74) is 8.20. The molecule has 1 N–H and O–H groups in total. The third-order valence-corrected chi connectivity index (χ3v) is 8.24. The molecule has 1 amide bonds. The lowest BCUT2D eigenvalue weighted by Crippen LogP contribution is -2.33. The zero-order chi connectivity index (χ0) is 29.4. The van der Waals surface area contributed by atoms with Crippen LogP contribution in [0.2, 0.25) is 5.02 Å². The summed E-state index contributed by atoms with van der Waals surface area (Å²) in [6.07, 6.45) is 10.7. The first-order chi connectivity index (χ1) is 21.2. The molecule has 2 saturated heterocycles. The molecule has 224 valence electrons. The molecule has 4 heterocycles. The Bertz CT molecular complexity index is 1520. The number of benzene rings is 2. The SMILES string of the molecule is O=C(NOC1CCCCO1)c1c(Cl)c(-c2ccc(-c3ccc(CCCOC4CCCCO4)cc3)cc2)nc2ccncc12. The lowest BCUT2D eigenvalue weighted by atomic mass is 9.99. The molecule has 2 unspecified atom stereocenters. The van der Waals surface area contributed by atoms with Crippen molar-refractivity contribution >= 4 is 28.4 Å². The number of nitrogens with one attached hydrogen (secondary N) is 1. The fourth-order valence-electron chi connectivity index (χ4n) is 5.49. The van der Waals surface area contributed by atoms with Crippen molar-refractivity contribution in [1.29, 1.82) is 0 Å². The monoisotopic (exact) mass is 601 g/mol. The number of hydrogen-bond acceptors (Lipinski definition) is 7. The van der Waals surface area contributed by atoms with Crippen LogP contribution in [0.3, 0.4) is 0 Å². The highest BCUT2D eigenvalue weighted by molar-refractivity contribution is 6.37. The molecule has 43 heavy (non-hydrogen) atoms. The second kappa shape index (κ2) is 14.4. The minimum Gasteiger partial charge on any atom is -0.353 e. The zero-order valence-electron chi connectivity index (χ0n) is 24.1. The fourth-order valence-corrected chi connectivity index (χ4v) is 5.83. The summed E-state index contributed by atoms with van der Waals surface area (Å²) in [6, 6.07) is 18.4. The van der Waals surface area contributed by atoms with Gasteiger partial charge < -0.3 is 14.2 Å². The second-order valence-corrected chi connectivity index (χ2v) is 11.3. The molecule has 2 atom stereocenters. The standard InChI is InChI=1S/C34H36ClN3O5/c35-32-31(34(39)38-43-30-8-2-4-20-42-30)27-22-36-18-17-28(27)37-33(32)26-15-13-25(14-16-26)24-11-9-23(10-12-24)6-5-21-41-29-7-1-3-19-40-29/h9-18,22,29-30H,1-8,19-21H2,(H,38,39). The van der Waals surface area contributed by atoms with Gasteiger partial charge in [-0.15, -0.1) is 0 Å². The van der Waals surface area contributed by atoms with Crippen LogP contribution in [0.15, 0.2) is 67.0 Å². The van der Waals surface area contributed by atoms with Gasteiger partial charge in [0, 0.05) is 43.0 Å². The minimum atomic E-state index is -0.473. The largest absolute Gasteiger partial charge is 0.353 e. The number of aromatic nitrogens is 2. The van der Waals surface area contributed by atoms with E-state index in [0.717, 1.165) is 68.2 Å². The van der Waals surface area contributed by atoms with Crippen LogP contribution in [-0.4, -0.2) is 48.3 Å².